The summed E-state index contributed by atoms with van der Waals surface area (Å²) in [4.78, 5) is 61.2. The van der Waals surface area contributed by atoms with Crippen molar-refractivity contribution in [2.75, 3.05) is 6.61 Å². The van der Waals surface area contributed by atoms with Gasteiger partial charge in [0.05, 0.1) is 5.56 Å². The first-order valence-electron chi connectivity index (χ1n) is 8.50. The van der Waals surface area contributed by atoms with E-state index >= 15 is 0 Å². The van der Waals surface area contributed by atoms with E-state index in [9.17, 15) is 24.0 Å². The van der Waals surface area contributed by atoms with Gasteiger partial charge in [0.15, 0.2) is 18.4 Å². The van der Waals surface area contributed by atoms with E-state index in [4.69, 9.17) is 18.9 Å². The lowest BCUT2D eigenvalue weighted by Crippen LogP contribution is -2.42. The Bertz CT molecular complexity index is 986. The third kappa shape index (κ3) is 5.78. The van der Waals surface area contributed by atoms with Gasteiger partial charge in [0, 0.05) is 31.5 Å². The number of halogens is 2. The predicted molar refractivity (Wildman–Crippen MR) is 114 cm³/mol. The van der Waals surface area contributed by atoms with E-state index in [-0.39, 0.29) is 12.2 Å². The largest absolute Gasteiger partial charge is 0.463 e. The van der Waals surface area contributed by atoms with Gasteiger partial charge in [-0.3, -0.25) is 28.7 Å². The van der Waals surface area contributed by atoms with Gasteiger partial charge in [-0.05, 0) is 20.0 Å². The van der Waals surface area contributed by atoms with Crippen LogP contribution in [0.15, 0.2) is 19.9 Å². The van der Waals surface area contributed by atoms with Crippen LogP contribution in [0.5, 0.6) is 0 Å². The summed E-state index contributed by atoms with van der Waals surface area (Å²) in [5, 5.41) is 0. The average molecular weight is 601 g/mol. The Kier molecular flexibility index (Phi) is 8.37. The highest BCUT2D eigenvalue weighted by Crippen LogP contribution is 2.34. The molecule has 1 fully saturated rings. The number of carbonyl (C=O) groups excluding carboxylic acids is 3. The summed E-state index contributed by atoms with van der Waals surface area (Å²) in [6.45, 7) is 3.15. The molecule has 13 heteroatoms. The van der Waals surface area contributed by atoms with Crippen LogP contribution in [0.3, 0.4) is 0 Å². The maximum Gasteiger partial charge on any atom is 0.330 e. The molecule has 1 aromatic heterocycles. The Morgan fingerprint density at radius 3 is 2.30 bits per heavy atom. The van der Waals surface area contributed by atoms with Crippen molar-refractivity contribution in [2.24, 2.45) is 0 Å². The van der Waals surface area contributed by atoms with Gasteiger partial charge in [0.25, 0.3) is 5.56 Å². The zero-order valence-electron chi connectivity index (χ0n) is 16.0. The molecule has 1 N–H and O–H groups in total. The molecule has 0 bridgehead atoms. The Morgan fingerprint density at radius 2 is 1.77 bits per heavy atom. The Labute approximate surface area is 192 Å². The van der Waals surface area contributed by atoms with E-state index in [0.717, 1.165) is 18.4 Å². The predicted octanol–water partition coefficient (Wildman–Crippen LogP) is 0.989. The van der Waals surface area contributed by atoms with Crippen LogP contribution in [0, 0.1) is 0 Å². The fourth-order valence-electron chi connectivity index (χ4n) is 2.82. The summed E-state index contributed by atoms with van der Waals surface area (Å²) in [5.74, 6) is -2.02. The average Bonchev–Trinajstić information content (AvgIpc) is 2.95. The number of H-pyrrole nitrogens is 1. The fourth-order valence-corrected chi connectivity index (χ4v) is 3.44. The molecule has 1 aliphatic rings. The van der Waals surface area contributed by atoms with Crippen LogP contribution in [-0.4, -0.2) is 52.4 Å². The Morgan fingerprint density at radius 1 is 1.17 bits per heavy atom. The SMILES string of the molecule is CC(=O)OC[C@H]1O[C@@H](n2cc(/C(Br)=C\I)c(=O)[nH]c2=O)[C@H](OC(C)=O)[C@@H]1OC(C)=O. The summed E-state index contributed by atoms with van der Waals surface area (Å²) in [7, 11) is 0. The van der Waals surface area contributed by atoms with Crippen molar-refractivity contribution in [3.63, 3.8) is 0 Å². The maximum absolute atomic E-state index is 12.5. The first kappa shape index (κ1) is 24.3. The standard InChI is InChI=1S/C17H18BrIN2O9/c1-7(22)27-6-12-13(28-8(2)23)14(29-9(3)24)16(30-12)21-5-10(11(18)4-19)15(25)20-17(21)26/h4-5,12-14,16H,6H2,1-3H3,(H,20,25,26)/b11-4+/t12-,13-,14-,16-/m1/s1. The molecule has 11 nitrogen and oxygen atoms in total. The molecule has 0 saturated carbocycles. The molecular weight excluding hydrogens is 583 g/mol. The number of carbonyl (C=O) groups is 3. The van der Waals surface area contributed by atoms with Crippen LogP contribution >= 0.6 is 38.5 Å². The van der Waals surface area contributed by atoms with Crippen molar-refractivity contribution in [1.82, 2.24) is 9.55 Å². The van der Waals surface area contributed by atoms with Crippen molar-refractivity contribution in [1.29, 1.82) is 0 Å². The number of rotatable bonds is 6. The summed E-state index contributed by atoms with van der Waals surface area (Å²) in [5.41, 5.74) is -1.37. The number of ether oxygens (including phenoxy) is 4. The maximum atomic E-state index is 12.5. The summed E-state index contributed by atoms with van der Waals surface area (Å²) in [6, 6.07) is 0. The first-order chi connectivity index (χ1) is 14.0. The molecule has 0 aromatic carbocycles. The molecular formula is C17H18BrIN2O9. The van der Waals surface area contributed by atoms with E-state index in [1.54, 1.807) is 4.08 Å². The van der Waals surface area contributed by atoms with E-state index < -0.39 is 53.7 Å². The molecule has 0 radical (unpaired) electrons. The van der Waals surface area contributed by atoms with E-state index in [1.165, 1.54) is 13.1 Å². The number of nitrogens with one attached hydrogen (secondary N) is 1. The van der Waals surface area contributed by atoms with Crippen LogP contribution in [0.25, 0.3) is 4.48 Å². The van der Waals surface area contributed by atoms with Gasteiger partial charge in [-0.1, -0.05) is 22.6 Å². The lowest BCUT2D eigenvalue weighted by molar-refractivity contribution is -0.166. The smallest absolute Gasteiger partial charge is 0.330 e. The minimum Gasteiger partial charge on any atom is -0.463 e. The highest BCUT2D eigenvalue weighted by molar-refractivity contribution is 14.1. The normalized spacial score (nSPS) is 23.7. The second-order valence-electron chi connectivity index (χ2n) is 6.18. The van der Waals surface area contributed by atoms with Crippen molar-refractivity contribution >= 4 is 60.9 Å². The quantitative estimate of drug-likeness (QED) is 0.287. The molecule has 0 aliphatic carbocycles. The lowest BCUT2D eigenvalue weighted by atomic mass is 10.1. The van der Waals surface area contributed by atoms with Crippen LogP contribution in [0.4, 0.5) is 0 Å². The van der Waals surface area contributed by atoms with Gasteiger partial charge in [-0.15, -0.1) is 0 Å². The van der Waals surface area contributed by atoms with Crippen molar-refractivity contribution < 1.29 is 33.3 Å². The molecule has 164 valence electrons. The van der Waals surface area contributed by atoms with Gasteiger partial charge < -0.3 is 18.9 Å². The number of hydrogen-bond acceptors (Lipinski definition) is 9. The van der Waals surface area contributed by atoms with Gasteiger partial charge >= 0.3 is 23.6 Å². The van der Waals surface area contributed by atoms with Crippen molar-refractivity contribution in [2.45, 2.75) is 45.3 Å². The molecule has 1 aliphatic heterocycles. The van der Waals surface area contributed by atoms with E-state index in [0.29, 0.717) is 4.48 Å². The molecule has 1 saturated heterocycles. The van der Waals surface area contributed by atoms with Gasteiger partial charge in [-0.2, -0.15) is 0 Å². The molecule has 2 rings (SSSR count). The number of aromatic amines is 1. The molecule has 0 spiro atoms. The van der Waals surface area contributed by atoms with E-state index in [2.05, 4.69) is 20.9 Å². The second kappa shape index (κ2) is 10.3. The minimum absolute atomic E-state index is 0.113. The minimum atomic E-state index is -1.27. The third-order valence-electron chi connectivity index (χ3n) is 3.94. The van der Waals surface area contributed by atoms with Crippen LogP contribution in [0.2, 0.25) is 0 Å². The van der Waals surface area contributed by atoms with Crippen molar-refractivity contribution in [3.05, 3.63) is 36.7 Å². The van der Waals surface area contributed by atoms with Crippen LogP contribution < -0.4 is 11.2 Å². The number of hydrogen-bond donors (Lipinski definition) is 1. The van der Waals surface area contributed by atoms with Gasteiger partial charge in [0.1, 0.15) is 12.7 Å². The Balaban J connectivity index is 2.56. The van der Waals surface area contributed by atoms with Gasteiger partial charge in [0.2, 0.25) is 0 Å². The zero-order chi connectivity index (χ0) is 22.6. The number of nitrogens with zero attached hydrogens (tertiary/aromatic N) is 1. The summed E-state index contributed by atoms with van der Waals surface area (Å²) < 4.78 is 24.2. The molecule has 30 heavy (non-hydrogen) atoms. The lowest BCUT2D eigenvalue weighted by Gasteiger charge is -2.24. The van der Waals surface area contributed by atoms with Crippen LogP contribution in [-0.2, 0) is 33.3 Å². The number of aromatic nitrogens is 2. The second-order valence-corrected chi connectivity index (χ2v) is 7.66. The topological polar surface area (TPSA) is 143 Å². The molecule has 0 amide bonds. The van der Waals surface area contributed by atoms with Crippen LogP contribution in [0.1, 0.15) is 32.6 Å². The third-order valence-corrected chi connectivity index (χ3v) is 6.07. The number of esters is 3. The van der Waals surface area contributed by atoms with Crippen molar-refractivity contribution in [3.8, 4) is 0 Å². The monoisotopic (exact) mass is 600 g/mol. The first-order valence-corrected chi connectivity index (χ1v) is 10.5. The van der Waals surface area contributed by atoms with E-state index in [1.807, 2.05) is 22.6 Å². The molecule has 0 unspecified atom stereocenters. The highest BCUT2D eigenvalue weighted by atomic mass is 127. The summed E-state index contributed by atoms with van der Waals surface area (Å²) in [6.07, 6.45) is -3.48. The molecule has 2 heterocycles. The molecule has 1 aromatic rings. The fraction of sp³-hybridized carbons (Fsp3) is 0.471. The molecule has 4 atom stereocenters. The summed E-state index contributed by atoms with van der Waals surface area (Å²) >= 11 is 5.12. The van der Waals surface area contributed by atoms with Gasteiger partial charge in [-0.25, -0.2) is 4.79 Å². The zero-order valence-corrected chi connectivity index (χ0v) is 19.8. The highest BCUT2D eigenvalue weighted by Gasteiger charge is 2.51. The Hall–Kier alpha value is -2.00.